The standard InChI is InChI=1S/C15H13ClFN/c16-12-5-1-2-7-15(12)18-14-9-8-10-11(14)4-3-6-13(10)17/h1-7,14,18H,8-9H2. The minimum absolute atomic E-state index is 0.101. The van der Waals surface area contributed by atoms with Crippen molar-refractivity contribution >= 4 is 17.3 Å². The maximum Gasteiger partial charge on any atom is 0.126 e. The van der Waals surface area contributed by atoms with Gasteiger partial charge >= 0.3 is 0 Å². The number of para-hydroxylation sites is 1. The van der Waals surface area contributed by atoms with Crippen molar-refractivity contribution in [1.82, 2.24) is 0 Å². The molecule has 0 spiro atoms. The third-order valence-electron chi connectivity index (χ3n) is 3.42. The number of hydrogen-bond donors (Lipinski definition) is 1. The van der Waals surface area contributed by atoms with Gasteiger partial charge in [0.2, 0.25) is 0 Å². The van der Waals surface area contributed by atoms with E-state index in [1.54, 1.807) is 6.07 Å². The fourth-order valence-electron chi connectivity index (χ4n) is 2.53. The molecule has 0 radical (unpaired) electrons. The molecule has 0 aromatic heterocycles. The molecule has 1 nitrogen and oxygen atoms in total. The Labute approximate surface area is 111 Å². The molecule has 1 aliphatic carbocycles. The summed E-state index contributed by atoms with van der Waals surface area (Å²) in [7, 11) is 0. The first kappa shape index (κ1) is 11.5. The molecule has 0 heterocycles. The van der Waals surface area contributed by atoms with Gasteiger partial charge in [-0.3, -0.25) is 0 Å². The summed E-state index contributed by atoms with van der Waals surface area (Å²) >= 11 is 6.12. The lowest BCUT2D eigenvalue weighted by atomic mass is 10.1. The zero-order valence-electron chi connectivity index (χ0n) is 9.79. The molecule has 1 N–H and O–H groups in total. The van der Waals surface area contributed by atoms with Gasteiger partial charge in [-0.15, -0.1) is 0 Å². The molecule has 92 valence electrons. The molecule has 0 saturated heterocycles. The van der Waals surface area contributed by atoms with Gasteiger partial charge in [-0.1, -0.05) is 35.9 Å². The number of halogens is 2. The Balaban J connectivity index is 1.90. The van der Waals surface area contributed by atoms with E-state index in [2.05, 4.69) is 5.32 Å². The molecule has 1 unspecified atom stereocenters. The summed E-state index contributed by atoms with van der Waals surface area (Å²) in [5.74, 6) is -0.101. The summed E-state index contributed by atoms with van der Waals surface area (Å²) in [6, 6.07) is 13.1. The van der Waals surface area contributed by atoms with Crippen LogP contribution in [0, 0.1) is 5.82 Å². The Bertz CT molecular complexity index is 582. The van der Waals surface area contributed by atoms with Crippen LogP contribution in [0.25, 0.3) is 0 Å². The highest BCUT2D eigenvalue weighted by Gasteiger charge is 2.24. The second-order valence-corrected chi connectivity index (χ2v) is 4.93. The van der Waals surface area contributed by atoms with Crippen molar-refractivity contribution in [3.8, 4) is 0 Å². The average Bonchev–Trinajstić information content (AvgIpc) is 2.77. The summed E-state index contributed by atoms with van der Waals surface area (Å²) in [6.45, 7) is 0. The number of benzene rings is 2. The Morgan fingerprint density at radius 3 is 2.78 bits per heavy atom. The van der Waals surface area contributed by atoms with Crippen molar-refractivity contribution in [2.75, 3.05) is 5.32 Å². The normalized spacial score (nSPS) is 17.6. The predicted octanol–water partition coefficient (Wildman–Crippen LogP) is 4.58. The van der Waals surface area contributed by atoms with Crippen LogP contribution < -0.4 is 5.32 Å². The first-order valence-corrected chi connectivity index (χ1v) is 6.42. The maximum absolute atomic E-state index is 13.6. The van der Waals surface area contributed by atoms with Crippen molar-refractivity contribution in [3.63, 3.8) is 0 Å². The van der Waals surface area contributed by atoms with E-state index in [9.17, 15) is 4.39 Å². The van der Waals surface area contributed by atoms with Gasteiger partial charge in [0.15, 0.2) is 0 Å². The number of anilines is 1. The van der Waals surface area contributed by atoms with Gasteiger partial charge in [0.05, 0.1) is 16.8 Å². The highest BCUT2D eigenvalue weighted by atomic mass is 35.5. The van der Waals surface area contributed by atoms with Gasteiger partial charge in [-0.05, 0) is 42.2 Å². The SMILES string of the molecule is Fc1cccc2c1CCC2Nc1ccccc1Cl. The largest absolute Gasteiger partial charge is 0.377 e. The number of nitrogens with one attached hydrogen (secondary N) is 1. The van der Waals surface area contributed by atoms with E-state index >= 15 is 0 Å². The molecule has 0 bridgehead atoms. The van der Waals surface area contributed by atoms with E-state index in [-0.39, 0.29) is 11.9 Å². The van der Waals surface area contributed by atoms with E-state index in [0.29, 0.717) is 5.02 Å². The number of fused-ring (bicyclic) bond motifs is 1. The van der Waals surface area contributed by atoms with Crippen LogP contribution in [0.4, 0.5) is 10.1 Å². The number of rotatable bonds is 2. The monoisotopic (exact) mass is 261 g/mol. The topological polar surface area (TPSA) is 12.0 Å². The molecule has 0 aliphatic heterocycles. The van der Waals surface area contributed by atoms with Gasteiger partial charge < -0.3 is 5.32 Å². The van der Waals surface area contributed by atoms with Crippen LogP contribution in [0.3, 0.4) is 0 Å². The van der Waals surface area contributed by atoms with Crippen molar-refractivity contribution in [3.05, 3.63) is 64.4 Å². The zero-order valence-corrected chi connectivity index (χ0v) is 10.5. The molecule has 2 aromatic rings. The minimum atomic E-state index is -0.101. The van der Waals surface area contributed by atoms with Crippen LogP contribution in [0.1, 0.15) is 23.6 Å². The van der Waals surface area contributed by atoms with Gasteiger partial charge in [-0.2, -0.15) is 0 Å². The van der Waals surface area contributed by atoms with Crippen molar-refractivity contribution in [1.29, 1.82) is 0 Å². The van der Waals surface area contributed by atoms with E-state index in [1.165, 1.54) is 6.07 Å². The second kappa shape index (κ2) is 4.62. The van der Waals surface area contributed by atoms with Crippen LogP contribution in [-0.4, -0.2) is 0 Å². The summed E-state index contributed by atoms with van der Waals surface area (Å²) in [5.41, 5.74) is 2.79. The Morgan fingerprint density at radius 2 is 1.94 bits per heavy atom. The maximum atomic E-state index is 13.6. The Hall–Kier alpha value is -1.54. The first-order valence-electron chi connectivity index (χ1n) is 6.04. The molecule has 1 atom stereocenters. The van der Waals surface area contributed by atoms with Crippen molar-refractivity contribution in [2.45, 2.75) is 18.9 Å². The fraction of sp³-hybridized carbons (Fsp3) is 0.200. The quantitative estimate of drug-likeness (QED) is 0.834. The molecule has 1 aliphatic rings. The lowest BCUT2D eigenvalue weighted by Crippen LogP contribution is -2.07. The van der Waals surface area contributed by atoms with E-state index in [0.717, 1.165) is 29.7 Å². The van der Waals surface area contributed by atoms with E-state index < -0.39 is 0 Å². The second-order valence-electron chi connectivity index (χ2n) is 4.52. The molecule has 3 rings (SSSR count). The molecule has 18 heavy (non-hydrogen) atoms. The molecule has 0 fully saturated rings. The highest BCUT2D eigenvalue weighted by Crippen LogP contribution is 2.36. The van der Waals surface area contributed by atoms with Crippen LogP contribution >= 0.6 is 11.6 Å². The molecule has 0 saturated carbocycles. The van der Waals surface area contributed by atoms with Crippen LogP contribution in [0.2, 0.25) is 5.02 Å². The van der Waals surface area contributed by atoms with E-state index in [1.807, 2.05) is 30.3 Å². The smallest absolute Gasteiger partial charge is 0.126 e. The zero-order chi connectivity index (χ0) is 12.5. The summed E-state index contributed by atoms with van der Waals surface area (Å²) in [6.07, 6.45) is 1.69. The van der Waals surface area contributed by atoms with Crippen molar-refractivity contribution < 1.29 is 4.39 Å². The van der Waals surface area contributed by atoms with E-state index in [4.69, 9.17) is 11.6 Å². The number of hydrogen-bond acceptors (Lipinski definition) is 1. The van der Waals surface area contributed by atoms with Crippen LogP contribution in [0.15, 0.2) is 42.5 Å². The summed E-state index contributed by atoms with van der Waals surface area (Å²) in [4.78, 5) is 0. The Morgan fingerprint density at radius 1 is 1.11 bits per heavy atom. The highest BCUT2D eigenvalue weighted by molar-refractivity contribution is 6.33. The molecule has 2 aromatic carbocycles. The van der Waals surface area contributed by atoms with Gasteiger partial charge in [-0.25, -0.2) is 4.39 Å². The lowest BCUT2D eigenvalue weighted by Gasteiger charge is -2.16. The van der Waals surface area contributed by atoms with Crippen molar-refractivity contribution in [2.24, 2.45) is 0 Å². The molecular formula is C15H13ClFN. The Kier molecular flexibility index (Phi) is 2.96. The third kappa shape index (κ3) is 1.97. The van der Waals surface area contributed by atoms with Crippen LogP contribution in [-0.2, 0) is 6.42 Å². The van der Waals surface area contributed by atoms with Gasteiger partial charge in [0, 0.05) is 0 Å². The molecular weight excluding hydrogens is 249 g/mol. The average molecular weight is 262 g/mol. The first-order chi connectivity index (χ1) is 8.75. The fourth-order valence-corrected chi connectivity index (χ4v) is 2.72. The predicted molar refractivity (Wildman–Crippen MR) is 72.5 cm³/mol. The molecule has 0 amide bonds. The summed E-state index contributed by atoms with van der Waals surface area (Å²) < 4.78 is 13.6. The van der Waals surface area contributed by atoms with Gasteiger partial charge in [0.25, 0.3) is 0 Å². The third-order valence-corrected chi connectivity index (χ3v) is 3.75. The summed E-state index contributed by atoms with van der Waals surface area (Å²) in [5, 5.41) is 4.09. The van der Waals surface area contributed by atoms with Crippen LogP contribution in [0.5, 0.6) is 0 Å². The van der Waals surface area contributed by atoms with Gasteiger partial charge in [0.1, 0.15) is 5.82 Å². The minimum Gasteiger partial charge on any atom is -0.377 e. The molecule has 3 heteroatoms. The lowest BCUT2D eigenvalue weighted by molar-refractivity contribution is 0.612.